The molecule has 1 aliphatic heterocycles. The quantitative estimate of drug-likeness (QED) is 0.0744. The van der Waals surface area contributed by atoms with Crippen molar-refractivity contribution < 1.29 is 13.3 Å². The number of sulfonamides is 1. The topological polar surface area (TPSA) is 125 Å². The molecular weight excluding hydrogens is 707 g/mol. The number of nitro groups is 1. The summed E-state index contributed by atoms with van der Waals surface area (Å²) in [6.07, 6.45) is 1.32. The lowest BCUT2D eigenvalue weighted by Crippen LogP contribution is -2.46. The second-order valence-electron chi connectivity index (χ2n) is 13.0. The molecule has 0 spiro atoms. The SMILES string of the molecule is CC(C)N(Sc1ccccc1)c1ccc(S(=O)(=O)Nc2ncnc3cc(N4CCN(Cc5ccccc5-c5ccccc5)CC4)ccc23)cc1[N+](=O)[O-]. The fraction of sp³-hybridized carbons (Fsp3) is 0.200. The van der Waals surface area contributed by atoms with Crippen LogP contribution in [0.2, 0.25) is 0 Å². The predicted molar refractivity (Wildman–Crippen MR) is 213 cm³/mol. The van der Waals surface area contributed by atoms with Gasteiger partial charge in [0.05, 0.1) is 15.3 Å². The standard InChI is InChI=1S/C40H39N7O4S2/c1-29(2)46(52-33-14-7-4-8-15-33)38-20-18-34(26-39(38)47(48)49)53(50,51)43-40-36-19-17-32(25-37(36)41-28-42-40)45-23-21-44(22-24-45)27-31-13-9-10-16-35(31)30-11-5-3-6-12-30/h3-20,25-26,28-29H,21-24,27H2,1-2H3,(H,41,42,43). The molecule has 0 atom stereocenters. The first kappa shape index (κ1) is 35.9. The smallest absolute Gasteiger partial charge is 0.294 e. The summed E-state index contributed by atoms with van der Waals surface area (Å²) in [5.74, 6) is 0.0959. The van der Waals surface area contributed by atoms with Gasteiger partial charge in [0.15, 0.2) is 5.82 Å². The minimum absolute atomic E-state index is 0.0959. The Labute approximate surface area is 313 Å². The molecule has 0 saturated carbocycles. The second kappa shape index (κ2) is 15.6. The van der Waals surface area contributed by atoms with Gasteiger partial charge in [-0.25, -0.2) is 18.4 Å². The summed E-state index contributed by atoms with van der Waals surface area (Å²) >= 11 is 1.35. The molecule has 270 valence electrons. The molecule has 0 radical (unpaired) electrons. The van der Waals surface area contributed by atoms with Crippen LogP contribution >= 0.6 is 11.9 Å². The summed E-state index contributed by atoms with van der Waals surface area (Å²) in [6, 6.07) is 38.1. The van der Waals surface area contributed by atoms with E-state index in [1.807, 2.05) is 68.4 Å². The zero-order valence-electron chi connectivity index (χ0n) is 29.4. The molecule has 1 aromatic heterocycles. The van der Waals surface area contributed by atoms with Crippen LogP contribution in [0.25, 0.3) is 22.0 Å². The molecule has 11 nitrogen and oxygen atoms in total. The fourth-order valence-electron chi connectivity index (χ4n) is 6.50. The van der Waals surface area contributed by atoms with Gasteiger partial charge >= 0.3 is 0 Å². The number of piperazine rings is 1. The summed E-state index contributed by atoms with van der Waals surface area (Å²) < 4.78 is 31.7. The Morgan fingerprint density at radius 1 is 0.849 bits per heavy atom. The van der Waals surface area contributed by atoms with E-state index in [-0.39, 0.29) is 22.4 Å². The summed E-state index contributed by atoms with van der Waals surface area (Å²) in [7, 11) is -4.25. The van der Waals surface area contributed by atoms with E-state index in [0.29, 0.717) is 16.6 Å². The average molecular weight is 746 g/mol. The maximum absolute atomic E-state index is 13.7. The van der Waals surface area contributed by atoms with E-state index >= 15 is 0 Å². The van der Waals surface area contributed by atoms with Crippen LogP contribution in [0.5, 0.6) is 0 Å². The van der Waals surface area contributed by atoms with Crippen molar-refractivity contribution in [3.63, 3.8) is 0 Å². The lowest BCUT2D eigenvalue weighted by atomic mass is 9.99. The van der Waals surface area contributed by atoms with Gasteiger partial charge in [-0.15, -0.1) is 0 Å². The number of nitrogens with one attached hydrogen (secondary N) is 1. The van der Waals surface area contributed by atoms with Crippen molar-refractivity contribution in [1.82, 2.24) is 14.9 Å². The molecule has 1 N–H and O–H groups in total. The number of rotatable bonds is 12. The highest BCUT2D eigenvalue weighted by atomic mass is 32.2. The van der Waals surface area contributed by atoms with Crippen molar-refractivity contribution in [1.29, 1.82) is 0 Å². The molecule has 0 aliphatic carbocycles. The van der Waals surface area contributed by atoms with Gasteiger partial charge in [0, 0.05) is 60.8 Å². The lowest BCUT2D eigenvalue weighted by molar-refractivity contribution is -0.384. The highest BCUT2D eigenvalue weighted by Crippen LogP contribution is 2.39. The van der Waals surface area contributed by atoms with Crippen LogP contribution in [0.1, 0.15) is 19.4 Å². The molecule has 0 amide bonds. The van der Waals surface area contributed by atoms with Crippen LogP contribution in [0.15, 0.2) is 137 Å². The van der Waals surface area contributed by atoms with E-state index in [1.54, 1.807) is 4.31 Å². The molecule has 1 saturated heterocycles. The molecule has 0 bridgehead atoms. The first-order chi connectivity index (χ1) is 25.7. The van der Waals surface area contributed by atoms with Gasteiger partial charge in [-0.05, 0) is 85.0 Å². The van der Waals surface area contributed by atoms with Crippen LogP contribution in [-0.4, -0.2) is 60.4 Å². The molecule has 6 aromatic rings. The highest BCUT2D eigenvalue weighted by Gasteiger charge is 2.27. The predicted octanol–water partition coefficient (Wildman–Crippen LogP) is 8.25. The number of aromatic nitrogens is 2. The van der Waals surface area contributed by atoms with Crippen LogP contribution in [-0.2, 0) is 16.6 Å². The van der Waals surface area contributed by atoms with Gasteiger partial charge in [-0.1, -0.05) is 72.8 Å². The number of hydrogen-bond acceptors (Lipinski definition) is 10. The van der Waals surface area contributed by atoms with Crippen molar-refractivity contribution in [2.75, 3.05) is 40.1 Å². The average Bonchev–Trinajstić information content (AvgIpc) is 3.17. The normalized spacial score (nSPS) is 13.7. The fourth-order valence-corrected chi connectivity index (χ4v) is 8.52. The molecule has 2 heterocycles. The van der Waals surface area contributed by atoms with Crippen molar-refractivity contribution in [3.05, 3.63) is 143 Å². The largest absolute Gasteiger partial charge is 0.369 e. The van der Waals surface area contributed by atoms with Crippen LogP contribution < -0.4 is 13.9 Å². The Balaban J connectivity index is 1.06. The second-order valence-corrected chi connectivity index (χ2v) is 15.8. The number of benzene rings is 5. The van der Waals surface area contributed by atoms with E-state index in [0.717, 1.165) is 49.4 Å². The van der Waals surface area contributed by atoms with Gasteiger partial charge in [0.25, 0.3) is 15.7 Å². The maximum atomic E-state index is 13.7. The van der Waals surface area contributed by atoms with Crippen molar-refractivity contribution in [2.45, 2.75) is 36.2 Å². The molecule has 1 aliphatic rings. The Morgan fingerprint density at radius 3 is 2.26 bits per heavy atom. The molecule has 5 aromatic carbocycles. The van der Waals surface area contributed by atoms with Crippen molar-refractivity contribution in [3.8, 4) is 11.1 Å². The molecule has 1 fully saturated rings. The first-order valence-electron chi connectivity index (χ1n) is 17.4. The van der Waals surface area contributed by atoms with Crippen molar-refractivity contribution >= 4 is 55.8 Å². The minimum Gasteiger partial charge on any atom is -0.369 e. The van der Waals surface area contributed by atoms with E-state index in [1.165, 1.54) is 47.1 Å². The number of anilines is 3. The van der Waals surface area contributed by atoms with Gasteiger partial charge in [0.2, 0.25) is 0 Å². The van der Waals surface area contributed by atoms with E-state index in [2.05, 4.69) is 73.0 Å². The minimum atomic E-state index is -4.25. The number of hydrogen-bond donors (Lipinski definition) is 1. The van der Waals surface area contributed by atoms with Crippen LogP contribution in [0.3, 0.4) is 0 Å². The Bertz CT molecular complexity index is 2340. The Hall–Kier alpha value is -5.50. The van der Waals surface area contributed by atoms with E-state index < -0.39 is 14.9 Å². The third-order valence-corrected chi connectivity index (χ3v) is 11.8. The third kappa shape index (κ3) is 8.12. The van der Waals surface area contributed by atoms with E-state index in [4.69, 9.17) is 0 Å². The van der Waals surface area contributed by atoms with Crippen LogP contribution in [0.4, 0.5) is 22.9 Å². The number of fused-ring (bicyclic) bond motifs is 1. The first-order valence-corrected chi connectivity index (χ1v) is 19.6. The van der Waals surface area contributed by atoms with Crippen LogP contribution in [0, 0.1) is 10.1 Å². The van der Waals surface area contributed by atoms with Gasteiger partial charge in [-0.3, -0.25) is 19.7 Å². The lowest BCUT2D eigenvalue weighted by Gasteiger charge is -2.36. The molecule has 13 heteroatoms. The summed E-state index contributed by atoms with van der Waals surface area (Å²) in [5.41, 5.74) is 5.33. The number of nitro benzene ring substituents is 1. The van der Waals surface area contributed by atoms with Gasteiger partial charge in [-0.2, -0.15) is 0 Å². The summed E-state index contributed by atoms with van der Waals surface area (Å²) in [6.45, 7) is 8.15. The highest BCUT2D eigenvalue weighted by molar-refractivity contribution is 8.00. The molecule has 7 rings (SSSR count). The Kier molecular flexibility index (Phi) is 10.6. The monoisotopic (exact) mass is 745 g/mol. The molecule has 53 heavy (non-hydrogen) atoms. The van der Waals surface area contributed by atoms with Crippen molar-refractivity contribution in [2.24, 2.45) is 0 Å². The van der Waals surface area contributed by atoms with Gasteiger partial charge in [0.1, 0.15) is 12.0 Å². The third-order valence-electron chi connectivity index (χ3n) is 9.19. The maximum Gasteiger partial charge on any atom is 0.294 e. The van der Waals surface area contributed by atoms with Gasteiger partial charge < -0.3 is 9.21 Å². The summed E-state index contributed by atoms with van der Waals surface area (Å²) in [5, 5.41) is 12.8. The molecule has 0 unspecified atom stereocenters. The zero-order chi connectivity index (χ0) is 37.0. The zero-order valence-corrected chi connectivity index (χ0v) is 31.0. The molecular formula is C40H39N7O4S2. The Morgan fingerprint density at radius 2 is 1.55 bits per heavy atom. The summed E-state index contributed by atoms with van der Waals surface area (Å²) in [4.78, 5) is 25.8. The number of nitrogens with zero attached hydrogens (tertiary/aromatic N) is 6. The van der Waals surface area contributed by atoms with E-state index in [9.17, 15) is 18.5 Å².